The van der Waals surface area contributed by atoms with Crippen molar-refractivity contribution in [2.75, 3.05) is 7.11 Å². The Kier molecular flexibility index (Phi) is 5.55. The molecule has 0 saturated heterocycles. The number of benzene rings is 1. The molecule has 1 fully saturated rings. The van der Waals surface area contributed by atoms with Crippen molar-refractivity contribution in [1.82, 2.24) is 5.48 Å². The van der Waals surface area contributed by atoms with Gasteiger partial charge in [-0.3, -0.25) is 9.63 Å². The highest BCUT2D eigenvalue weighted by Gasteiger charge is 2.42. The first-order valence-corrected chi connectivity index (χ1v) is 9.55. The van der Waals surface area contributed by atoms with E-state index in [-0.39, 0.29) is 10.8 Å². The second-order valence-electron chi connectivity index (χ2n) is 6.98. The van der Waals surface area contributed by atoms with E-state index in [1.54, 1.807) is 12.1 Å². The molecule has 0 aromatic heterocycles. The Balaban J connectivity index is 2.17. The van der Waals surface area contributed by atoms with E-state index in [1.165, 1.54) is 19.2 Å². The van der Waals surface area contributed by atoms with Crippen LogP contribution in [0.25, 0.3) is 0 Å². The molecule has 1 aliphatic rings. The number of nitrogens with one attached hydrogen (secondary N) is 1. The third-order valence-electron chi connectivity index (χ3n) is 4.03. The van der Waals surface area contributed by atoms with Gasteiger partial charge in [0.15, 0.2) is 9.84 Å². The van der Waals surface area contributed by atoms with Crippen molar-refractivity contribution in [3.05, 3.63) is 24.3 Å². The minimum atomic E-state index is -3.58. The normalized spacial score (nSPS) is 21.5. The fourth-order valence-corrected chi connectivity index (χ4v) is 4.85. The predicted molar refractivity (Wildman–Crippen MR) is 90.3 cm³/mol. The van der Waals surface area contributed by atoms with Gasteiger partial charge in [0, 0.05) is 0 Å². The lowest BCUT2D eigenvalue weighted by Crippen LogP contribution is -2.41. The Hall–Kier alpha value is -1.60. The summed E-state index contributed by atoms with van der Waals surface area (Å²) in [5, 5.41) is -0.727. The van der Waals surface area contributed by atoms with E-state index in [9.17, 15) is 13.2 Å². The molecule has 0 aliphatic heterocycles. The highest BCUT2D eigenvalue weighted by atomic mass is 32.2. The Labute approximate surface area is 143 Å². The number of ether oxygens (including phenoxy) is 1. The van der Waals surface area contributed by atoms with Gasteiger partial charge in [0.1, 0.15) is 5.75 Å². The van der Waals surface area contributed by atoms with E-state index in [1.807, 2.05) is 20.8 Å². The number of rotatable bonds is 5. The molecular weight excluding hydrogens is 330 g/mol. The number of hydroxylamine groups is 1. The van der Waals surface area contributed by atoms with Gasteiger partial charge in [-0.1, -0.05) is 6.42 Å². The van der Waals surface area contributed by atoms with Crippen LogP contribution in [0.1, 0.15) is 40.0 Å². The molecule has 7 heteroatoms. The smallest absolute Gasteiger partial charge is 0.247 e. The summed E-state index contributed by atoms with van der Waals surface area (Å²) in [6, 6.07) is 6.26. The largest absolute Gasteiger partial charge is 0.497 e. The number of hydrogen-bond donors (Lipinski definition) is 1. The molecule has 0 radical (unpaired) electrons. The van der Waals surface area contributed by atoms with E-state index in [0.29, 0.717) is 25.0 Å². The van der Waals surface area contributed by atoms with Crippen LogP contribution >= 0.6 is 0 Å². The van der Waals surface area contributed by atoms with Gasteiger partial charge in [-0.15, -0.1) is 0 Å². The van der Waals surface area contributed by atoms with Gasteiger partial charge in [-0.05, 0) is 57.9 Å². The van der Waals surface area contributed by atoms with Crippen molar-refractivity contribution in [3.8, 4) is 5.75 Å². The Morgan fingerprint density at radius 3 is 2.33 bits per heavy atom. The highest BCUT2D eigenvalue weighted by Crippen LogP contribution is 2.35. The zero-order valence-corrected chi connectivity index (χ0v) is 15.4. The standard InChI is InChI=1S/C17H25NO5S/c1-17(2,3)23-18-16(19)14-6-5-7-15(14)24(20,21)13-10-8-12(22-4)9-11-13/h8-11,14-15H,5-7H2,1-4H3,(H,18,19). The van der Waals surface area contributed by atoms with Crippen LogP contribution in [0.3, 0.4) is 0 Å². The van der Waals surface area contributed by atoms with E-state index in [4.69, 9.17) is 9.57 Å². The van der Waals surface area contributed by atoms with E-state index in [2.05, 4.69) is 5.48 Å². The highest BCUT2D eigenvalue weighted by molar-refractivity contribution is 7.92. The van der Waals surface area contributed by atoms with Crippen LogP contribution in [0, 0.1) is 5.92 Å². The molecule has 2 rings (SSSR count). The molecule has 1 aromatic rings. The summed E-state index contributed by atoms with van der Waals surface area (Å²) in [6.45, 7) is 5.44. The minimum Gasteiger partial charge on any atom is -0.497 e. The van der Waals surface area contributed by atoms with Crippen LogP contribution in [0.4, 0.5) is 0 Å². The zero-order chi connectivity index (χ0) is 18.0. The van der Waals surface area contributed by atoms with E-state index < -0.39 is 26.6 Å². The molecule has 1 aliphatic carbocycles. The fraction of sp³-hybridized carbons (Fsp3) is 0.588. The van der Waals surface area contributed by atoms with Crippen molar-refractivity contribution in [3.63, 3.8) is 0 Å². The van der Waals surface area contributed by atoms with E-state index in [0.717, 1.165) is 0 Å². The van der Waals surface area contributed by atoms with Crippen molar-refractivity contribution >= 4 is 15.7 Å². The monoisotopic (exact) mass is 355 g/mol. The third-order valence-corrected chi connectivity index (χ3v) is 6.32. The van der Waals surface area contributed by atoms with Gasteiger partial charge in [-0.2, -0.15) is 0 Å². The summed E-state index contributed by atoms with van der Waals surface area (Å²) in [5.74, 6) is -0.378. The van der Waals surface area contributed by atoms with Gasteiger partial charge >= 0.3 is 0 Å². The van der Waals surface area contributed by atoms with Crippen LogP contribution in [0.5, 0.6) is 5.75 Å². The Morgan fingerprint density at radius 2 is 1.79 bits per heavy atom. The maximum absolute atomic E-state index is 12.9. The van der Waals surface area contributed by atoms with Gasteiger partial charge in [-0.25, -0.2) is 13.9 Å². The SMILES string of the molecule is COc1ccc(S(=O)(=O)C2CCCC2C(=O)NOC(C)(C)C)cc1. The summed E-state index contributed by atoms with van der Waals surface area (Å²) in [4.78, 5) is 17.9. The first-order valence-electron chi connectivity index (χ1n) is 8.01. The van der Waals surface area contributed by atoms with Crippen molar-refractivity contribution in [1.29, 1.82) is 0 Å². The number of methoxy groups -OCH3 is 1. The van der Waals surface area contributed by atoms with Crippen molar-refractivity contribution < 1.29 is 22.8 Å². The average Bonchev–Trinajstić information content (AvgIpc) is 3.02. The Bertz CT molecular complexity index is 676. The van der Waals surface area contributed by atoms with E-state index >= 15 is 0 Å². The molecule has 6 nitrogen and oxygen atoms in total. The first-order chi connectivity index (χ1) is 11.1. The molecule has 2 atom stereocenters. The lowest BCUT2D eigenvalue weighted by Gasteiger charge is -2.23. The summed E-state index contributed by atoms with van der Waals surface area (Å²) < 4.78 is 30.8. The number of hydrogen-bond acceptors (Lipinski definition) is 5. The topological polar surface area (TPSA) is 81.7 Å². The number of carbonyl (C=O) groups excluding carboxylic acids is 1. The predicted octanol–water partition coefficient (Wildman–Crippen LogP) is 2.48. The molecule has 2 unspecified atom stereocenters. The number of amides is 1. The summed E-state index contributed by atoms with van der Waals surface area (Å²) in [5.41, 5.74) is 1.88. The molecule has 1 amide bonds. The van der Waals surface area contributed by atoms with Gasteiger partial charge in [0.2, 0.25) is 5.91 Å². The molecule has 134 valence electrons. The van der Waals surface area contributed by atoms with Crippen LogP contribution in [-0.4, -0.2) is 32.3 Å². The molecule has 0 bridgehead atoms. The molecule has 1 aromatic carbocycles. The minimum absolute atomic E-state index is 0.213. The molecule has 1 saturated carbocycles. The summed E-state index contributed by atoms with van der Waals surface area (Å²) in [6.07, 6.45) is 1.72. The lowest BCUT2D eigenvalue weighted by molar-refractivity contribution is -0.149. The van der Waals surface area contributed by atoms with Crippen LogP contribution in [0.15, 0.2) is 29.2 Å². The van der Waals surface area contributed by atoms with Gasteiger partial charge in [0.25, 0.3) is 0 Å². The maximum Gasteiger partial charge on any atom is 0.247 e. The first kappa shape index (κ1) is 18.7. The van der Waals surface area contributed by atoms with Gasteiger partial charge < -0.3 is 4.74 Å². The lowest BCUT2D eigenvalue weighted by atomic mass is 10.1. The Morgan fingerprint density at radius 1 is 1.17 bits per heavy atom. The zero-order valence-electron chi connectivity index (χ0n) is 14.5. The van der Waals surface area contributed by atoms with Gasteiger partial charge in [0.05, 0.1) is 28.8 Å². The molecule has 0 heterocycles. The number of carbonyl (C=O) groups is 1. The fourth-order valence-electron chi connectivity index (χ4n) is 2.82. The van der Waals surface area contributed by atoms with Crippen molar-refractivity contribution in [2.24, 2.45) is 5.92 Å². The summed E-state index contributed by atoms with van der Waals surface area (Å²) in [7, 11) is -2.06. The third kappa shape index (κ3) is 4.27. The second kappa shape index (κ2) is 7.11. The quantitative estimate of drug-likeness (QED) is 0.821. The molecule has 24 heavy (non-hydrogen) atoms. The van der Waals surface area contributed by atoms with Crippen LogP contribution in [-0.2, 0) is 19.5 Å². The van der Waals surface area contributed by atoms with Crippen LogP contribution in [0.2, 0.25) is 0 Å². The average molecular weight is 355 g/mol. The molecular formula is C17H25NO5S. The van der Waals surface area contributed by atoms with Crippen LogP contribution < -0.4 is 10.2 Å². The maximum atomic E-state index is 12.9. The van der Waals surface area contributed by atoms with Crippen molar-refractivity contribution in [2.45, 2.75) is 55.8 Å². The summed E-state index contributed by atoms with van der Waals surface area (Å²) >= 11 is 0. The molecule has 0 spiro atoms. The second-order valence-corrected chi connectivity index (χ2v) is 9.14. The number of sulfone groups is 1. The molecule has 1 N–H and O–H groups in total.